The van der Waals surface area contributed by atoms with E-state index >= 15 is 0 Å². The minimum atomic E-state index is -0.630. The number of ketones is 1. The van der Waals surface area contributed by atoms with Crippen molar-refractivity contribution >= 4 is 11.8 Å². The lowest BCUT2D eigenvalue weighted by Crippen LogP contribution is -2.16. The van der Waals surface area contributed by atoms with Gasteiger partial charge in [-0.3, -0.25) is 4.79 Å². The lowest BCUT2D eigenvalue weighted by Gasteiger charge is -2.06. The van der Waals surface area contributed by atoms with Crippen LogP contribution in [0.15, 0.2) is 11.3 Å². The minimum Gasteiger partial charge on any atom is -0.500 e. The molecule has 0 aromatic heterocycles. The van der Waals surface area contributed by atoms with Crippen molar-refractivity contribution in [3.05, 3.63) is 11.3 Å². The maximum atomic E-state index is 11.2. The molecule has 0 aliphatic heterocycles. The summed E-state index contributed by atoms with van der Waals surface area (Å²) in [5, 5.41) is 0. The summed E-state index contributed by atoms with van der Waals surface area (Å²) in [5.74, 6) is -0.696. The van der Waals surface area contributed by atoms with Crippen LogP contribution in [0.4, 0.5) is 0 Å². The number of hydrogen-bond donors (Lipinski definition) is 0. The quantitative estimate of drug-likeness (QED) is 0.216. The largest absolute Gasteiger partial charge is 0.500 e. The van der Waals surface area contributed by atoms with Crippen LogP contribution >= 0.6 is 0 Å². The van der Waals surface area contributed by atoms with Gasteiger partial charge in [0.1, 0.15) is 11.3 Å². The molecule has 0 saturated heterocycles. The summed E-state index contributed by atoms with van der Waals surface area (Å²) in [4.78, 5) is 22.2. The van der Waals surface area contributed by atoms with Crippen molar-refractivity contribution in [2.45, 2.75) is 20.8 Å². The number of Topliss-reactive ketones (excluding diaryl/α,β-unsaturated/α-hetero) is 1. The van der Waals surface area contributed by atoms with Crippen LogP contribution < -0.4 is 0 Å². The first-order valence-corrected chi connectivity index (χ1v) is 3.97. The predicted molar refractivity (Wildman–Crippen MR) is 47.0 cm³/mol. The molecule has 0 heterocycles. The maximum absolute atomic E-state index is 11.2. The van der Waals surface area contributed by atoms with Crippen LogP contribution in [-0.2, 0) is 19.1 Å². The van der Waals surface area contributed by atoms with E-state index in [0.29, 0.717) is 0 Å². The highest BCUT2D eigenvalue weighted by Crippen LogP contribution is 2.08. The van der Waals surface area contributed by atoms with Crippen molar-refractivity contribution < 1.29 is 19.1 Å². The van der Waals surface area contributed by atoms with E-state index in [1.807, 2.05) is 0 Å². The second-order valence-corrected chi connectivity index (χ2v) is 2.41. The smallest absolute Gasteiger partial charge is 0.345 e. The van der Waals surface area contributed by atoms with Crippen molar-refractivity contribution in [2.24, 2.45) is 0 Å². The first-order chi connectivity index (χ1) is 6.04. The summed E-state index contributed by atoms with van der Waals surface area (Å²) < 4.78 is 9.49. The second-order valence-electron chi connectivity index (χ2n) is 2.41. The van der Waals surface area contributed by atoms with Crippen LogP contribution in [-0.4, -0.2) is 25.5 Å². The lowest BCUT2D eigenvalue weighted by molar-refractivity contribution is -0.140. The minimum absolute atomic E-state index is 0.0237. The van der Waals surface area contributed by atoms with Crippen molar-refractivity contribution in [3.8, 4) is 0 Å². The van der Waals surface area contributed by atoms with Gasteiger partial charge in [-0.25, -0.2) is 4.79 Å². The highest BCUT2D eigenvalue weighted by molar-refractivity contribution is 6.16. The molecule has 0 radical (unpaired) electrons. The zero-order valence-corrected chi connectivity index (χ0v) is 8.34. The Morgan fingerprint density at radius 2 is 1.77 bits per heavy atom. The van der Waals surface area contributed by atoms with Gasteiger partial charge in [0.15, 0.2) is 5.78 Å². The van der Waals surface area contributed by atoms with Crippen LogP contribution in [0.5, 0.6) is 0 Å². The number of esters is 1. The monoisotopic (exact) mass is 186 g/mol. The molecule has 0 unspecified atom stereocenters. The van der Waals surface area contributed by atoms with E-state index in [-0.39, 0.29) is 23.7 Å². The molecule has 0 spiro atoms. The van der Waals surface area contributed by atoms with Gasteiger partial charge in [-0.15, -0.1) is 0 Å². The van der Waals surface area contributed by atoms with E-state index < -0.39 is 5.97 Å². The summed E-state index contributed by atoms with van der Waals surface area (Å²) >= 11 is 0. The Morgan fingerprint density at radius 3 is 2.08 bits per heavy atom. The summed E-state index contributed by atoms with van der Waals surface area (Å²) in [7, 11) is 1.40. The van der Waals surface area contributed by atoms with Crippen LogP contribution in [0, 0.1) is 0 Å². The molecule has 0 fully saturated rings. The average Bonchev–Trinajstić information content (AvgIpc) is 2.04. The summed E-state index contributed by atoms with van der Waals surface area (Å²) in [6, 6.07) is 0. The Kier molecular flexibility index (Phi) is 4.80. The van der Waals surface area contributed by atoms with E-state index in [1.54, 1.807) is 13.8 Å². The molecule has 0 atom stereocenters. The van der Waals surface area contributed by atoms with Gasteiger partial charge in [0.2, 0.25) is 0 Å². The third kappa shape index (κ3) is 3.27. The molecule has 0 amide bonds. The molecular weight excluding hydrogens is 172 g/mol. The van der Waals surface area contributed by atoms with E-state index in [1.165, 1.54) is 14.0 Å². The fourth-order valence-corrected chi connectivity index (χ4v) is 0.841. The van der Waals surface area contributed by atoms with Gasteiger partial charge < -0.3 is 9.47 Å². The van der Waals surface area contributed by atoms with Crippen LogP contribution in [0.3, 0.4) is 0 Å². The Balaban J connectivity index is 4.82. The van der Waals surface area contributed by atoms with Crippen molar-refractivity contribution in [2.75, 3.05) is 13.7 Å². The predicted octanol–water partition coefficient (Wildman–Crippen LogP) is 1.06. The molecule has 0 saturated carbocycles. The van der Waals surface area contributed by atoms with Crippen LogP contribution in [0.25, 0.3) is 0 Å². The van der Waals surface area contributed by atoms with Crippen molar-refractivity contribution in [1.29, 1.82) is 0 Å². The van der Waals surface area contributed by atoms with Gasteiger partial charge in [-0.2, -0.15) is 0 Å². The Bertz CT molecular complexity index is 240. The third-order valence-electron chi connectivity index (χ3n) is 1.49. The van der Waals surface area contributed by atoms with Crippen molar-refractivity contribution in [3.63, 3.8) is 0 Å². The van der Waals surface area contributed by atoms with Gasteiger partial charge in [-0.1, -0.05) is 0 Å². The maximum Gasteiger partial charge on any atom is 0.345 e. The molecule has 0 bridgehead atoms. The van der Waals surface area contributed by atoms with Gasteiger partial charge in [-0.05, 0) is 20.8 Å². The third-order valence-corrected chi connectivity index (χ3v) is 1.49. The normalized spacial score (nSPS) is 11.7. The average molecular weight is 186 g/mol. The molecule has 0 N–H and O–H groups in total. The van der Waals surface area contributed by atoms with E-state index in [0.717, 1.165) is 0 Å². The molecule has 74 valence electrons. The fraction of sp³-hybridized carbons (Fsp3) is 0.556. The van der Waals surface area contributed by atoms with Crippen molar-refractivity contribution in [1.82, 2.24) is 0 Å². The summed E-state index contributed by atoms with van der Waals surface area (Å²) in [6.45, 7) is 4.77. The van der Waals surface area contributed by atoms with Gasteiger partial charge in [0, 0.05) is 0 Å². The highest BCUT2D eigenvalue weighted by atomic mass is 16.5. The lowest BCUT2D eigenvalue weighted by atomic mass is 10.1. The molecule has 0 aromatic carbocycles. The van der Waals surface area contributed by atoms with Gasteiger partial charge in [0.25, 0.3) is 0 Å². The van der Waals surface area contributed by atoms with Gasteiger partial charge >= 0.3 is 5.97 Å². The molecule has 4 nitrogen and oxygen atoms in total. The first kappa shape index (κ1) is 11.7. The Hall–Kier alpha value is -1.32. The number of methoxy groups -OCH3 is 1. The molecule has 4 heteroatoms. The zero-order chi connectivity index (χ0) is 10.4. The molecule has 13 heavy (non-hydrogen) atoms. The van der Waals surface area contributed by atoms with Gasteiger partial charge in [0.05, 0.1) is 13.7 Å². The number of hydrogen-bond acceptors (Lipinski definition) is 4. The molecule has 0 aliphatic rings. The number of ether oxygens (including phenoxy) is 2. The molecule has 0 rings (SSSR count). The summed E-state index contributed by atoms with van der Waals surface area (Å²) in [5.41, 5.74) is -0.0237. The topological polar surface area (TPSA) is 52.6 Å². The Labute approximate surface area is 77.5 Å². The number of carbonyl (C=O) groups excluding carboxylic acids is 2. The molecule has 0 aliphatic carbocycles. The highest BCUT2D eigenvalue weighted by Gasteiger charge is 2.19. The van der Waals surface area contributed by atoms with E-state index in [2.05, 4.69) is 0 Å². The Morgan fingerprint density at radius 1 is 1.23 bits per heavy atom. The molecule has 0 aromatic rings. The SMILES string of the molecule is CCOC(=O)C(C(C)=O)=C(C)OC. The second kappa shape index (κ2) is 5.35. The zero-order valence-electron chi connectivity index (χ0n) is 8.34. The number of rotatable bonds is 4. The van der Waals surface area contributed by atoms with Crippen LogP contribution in [0.1, 0.15) is 20.8 Å². The van der Waals surface area contributed by atoms with Crippen LogP contribution in [0.2, 0.25) is 0 Å². The standard InChI is InChI=1S/C9H14O4/c1-5-13-9(11)8(6(2)10)7(3)12-4/h5H2,1-4H3. The number of allylic oxidation sites excluding steroid dienone is 1. The summed E-state index contributed by atoms with van der Waals surface area (Å²) in [6.07, 6.45) is 0. The first-order valence-electron chi connectivity index (χ1n) is 3.97. The number of carbonyl (C=O) groups is 2. The fourth-order valence-electron chi connectivity index (χ4n) is 0.841. The van der Waals surface area contributed by atoms with E-state index in [4.69, 9.17) is 9.47 Å². The van der Waals surface area contributed by atoms with E-state index in [9.17, 15) is 9.59 Å². The molecular formula is C9H14O4.